The van der Waals surface area contributed by atoms with Crippen LogP contribution in [0.25, 0.3) is 4.96 Å². The van der Waals surface area contributed by atoms with Crippen molar-refractivity contribution in [2.24, 2.45) is 0 Å². The molecule has 2 aromatic carbocycles. The first-order chi connectivity index (χ1) is 12.7. The van der Waals surface area contributed by atoms with Crippen molar-refractivity contribution in [3.63, 3.8) is 0 Å². The van der Waals surface area contributed by atoms with Gasteiger partial charge in [-0.2, -0.15) is 0 Å². The average molecular weight is 361 g/mol. The number of imidazole rings is 1. The summed E-state index contributed by atoms with van der Waals surface area (Å²) >= 11 is 1.52. The van der Waals surface area contributed by atoms with Gasteiger partial charge in [-0.3, -0.25) is 14.0 Å². The molecule has 1 N–H and O–H groups in total. The number of carbonyl (C=O) groups excluding carboxylic acids is 2. The number of aromatic nitrogens is 2. The van der Waals surface area contributed by atoms with Crippen LogP contribution in [0, 0.1) is 0 Å². The molecule has 2 heterocycles. The Hall–Kier alpha value is -3.25. The molecule has 0 atom stereocenters. The summed E-state index contributed by atoms with van der Waals surface area (Å²) in [5, 5.41) is 4.78. The predicted molar refractivity (Wildman–Crippen MR) is 102 cm³/mol. The summed E-state index contributed by atoms with van der Waals surface area (Å²) < 4.78 is 1.90. The zero-order chi connectivity index (χ0) is 17.9. The highest BCUT2D eigenvalue weighted by molar-refractivity contribution is 7.15. The van der Waals surface area contributed by atoms with Gasteiger partial charge in [0.05, 0.1) is 12.1 Å². The molecule has 0 spiro atoms. The fourth-order valence-electron chi connectivity index (χ4n) is 2.73. The molecule has 0 aliphatic heterocycles. The van der Waals surface area contributed by atoms with E-state index in [-0.39, 0.29) is 18.1 Å². The Kier molecular flexibility index (Phi) is 4.33. The highest BCUT2D eigenvalue weighted by Gasteiger charge is 2.12. The number of benzene rings is 2. The molecule has 0 fully saturated rings. The van der Waals surface area contributed by atoms with Crippen molar-refractivity contribution in [1.29, 1.82) is 0 Å². The lowest BCUT2D eigenvalue weighted by Gasteiger charge is -2.07. The Labute approximate surface area is 153 Å². The van der Waals surface area contributed by atoms with Crippen molar-refractivity contribution < 1.29 is 9.59 Å². The van der Waals surface area contributed by atoms with Gasteiger partial charge in [0, 0.05) is 34.6 Å². The van der Waals surface area contributed by atoms with Crippen molar-refractivity contribution in [1.82, 2.24) is 9.38 Å². The molecular formula is C20H15N3O2S. The van der Waals surface area contributed by atoms with Crippen molar-refractivity contribution in [2.45, 2.75) is 6.42 Å². The van der Waals surface area contributed by atoms with Crippen molar-refractivity contribution >= 4 is 33.7 Å². The van der Waals surface area contributed by atoms with E-state index >= 15 is 0 Å². The van der Waals surface area contributed by atoms with E-state index in [1.807, 2.05) is 40.4 Å². The molecule has 0 saturated carbocycles. The van der Waals surface area contributed by atoms with Crippen LogP contribution in [0.5, 0.6) is 0 Å². The number of thiazole rings is 1. The van der Waals surface area contributed by atoms with Gasteiger partial charge >= 0.3 is 0 Å². The third-order valence-corrected chi connectivity index (χ3v) is 4.70. The number of hydrogen-bond acceptors (Lipinski definition) is 4. The van der Waals surface area contributed by atoms with Crippen molar-refractivity contribution in [2.75, 3.05) is 5.32 Å². The third-order valence-electron chi connectivity index (χ3n) is 3.93. The zero-order valence-electron chi connectivity index (χ0n) is 13.8. The van der Waals surface area contributed by atoms with E-state index in [1.165, 1.54) is 11.3 Å². The summed E-state index contributed by atoms with van der Waals surface area (Å²) in [5.74, 6) is -0.240. The van der Waals surface area contributed by atoms with Crippen LogP contribution in [0.4, 0.5) is 5.69 Å². The predicted octanol–water partition coefficient (Wildman–Crippen LogP) is 3.81. The molecule has 0 aliphatic rings. The quantitative estimate of drug-likeness (QED) is 0.550. The lowest BCUT2D eigenvalue weighted by Crippen LogP contribution is -2.15. The molecule has 6 heteroatoms. The topological polar surface area (TPSA) is 63.5 Å². The van der Waals surface area contributed by atoms with Crippen LogP contribution in [0.1, 0.15) is 21.6 Å². The normalized spacial score (nSPS) is 10.8. The van der Waals surface area contributed by atoms with E-state index < -0.39 is 0 Å². The summed E-state index contributed by atoms with van der Waals surface area (Å²) in [6.45, 7) is 0. The minimum absolute atomic E-state index is 0.0731. The number of ketones is 1. The van der Waals surface area contributed by atoms with Gasteiger partial charge in [0.25, 0.3) is 0 Å². The summed E-state index contributed by atoms with van der Waals surface area (Å²) in [6, 6.07) is 16.0. The summed E-state index contributed by atoms with van der Waals surface area (Å²) in [5.41, 5.74) is 2.47. The molecule has 0 bridgehead atoms. The second kappa shape index (κ2) is 6.93. The van der Waals surface area contributed by atoms with Crippen LogP contribution in [0.15, 0.2) is 72.4 Å². The fraction of sp³-hybridized carbons (Fsp3) is 0.0500. The van der Waals surface area contributed by atoms with Crippen LogP contribution in [0.2, 0.25) is 0 Å². The molecular weight excluding hydrogens is 346 g/mol. The van der Waals surface area contributed by atoms with E-state index in [1.54, 1.807) is 36.4 Å². The van der Waals surface area contributed by atoms with Crippen LogP contribution in [0.3, 0.4) is 0 Å². The maximum atomic E-state index is 12.5. The van der Waals surface area contributed by atoms with Crippen LogP contribution in [-0.2, 0) is 11.2 Å². The third kappa shape index (κ3) is 3.41. The summed E-state index contributed by atoms with van der Waals surface area (Å²) in [4.78, 5) is 30.1. The number of rotatable bonds is 5. The van der Waals surface area contributed by atoms with Crippen LogP contribution in [-0.4, -0.2) is 21.1 Å². The molecule has 4 aromatic rings. The summed E-state index contributed by atoms with van der Waals surface area (Å²) in [7, 11) is 0. The largest absolute Gasteiger partial charge is 0.326 e. The number of fused-ring (bicyclic) bond motifs is 1. The Bertz CT molecular complexity index is 1050. The van der Waals surface area contributed by atoms with Gasteiger partial charge in [0.2, 0.25) is 5.91 Å². The highest BCUT2D eigenvalue weighted by atomic mass is 32.1. The van der Waals surface area contributed by atoms with Gasteiger partial charge < -0.3 is 5.32 Å². The second-order valence-corrected chi connectivity index (χ2v) is 6.70. The Balaban J connectivity index is 1.47. The number of amides is 1. The van der Waals surface area contributed by atoms with Gasteiger partial charge in [-0.15, -0.1) is 11.3 Å². The van der Waals surface area contributed by atoms with E-state index in [0.29, 0.717) is 22.5 Å². The standard InChI is InChI=1S/C20H15N3O2S/c24-18(12-17-13-23-9-10-26-20(23)22-17)21-16-8-4-7-15(11-16)19(25)14-5-2-1-3-6-14/h1-11,13H,12H2,(H,21,24). The maximum absolute atomic E-state index is 12.5. The minimum Gasteiger partial charge on any atom is -0.326 e. The number of anilines is 1. The Morgan fingerprint density at radius 1 is 1.04 bits per heavy atom. The molecule has 0 aliphatic carbocycles. The lowest BCUT2D eigenvalue weighted by molar-refractivity contribution is -0.115. The first kappa shape index (κ1) is 16.2. The van der Waals surface area contributed by atoms with E-state index in [2.05, 4.69) is 10.3 Å². The molecule has 128 valence electrons. The van der Waals surface area contributed by atoms with E-state index in [0.717, 1.165) is 4.96 Å². The molecule has 26 heavy (non-hydrogen) atoms. The molecule has 0 unspecified atom stereocenters. The number of hydrogen-bond donors (Lipinski definition) is 1. The van der Waals surface area contributed by atoms with Gasteiger partial charge in [-0.05, 0) is 12.1 Å². The summed E-state index contributed by atoms with van der Waals surface area (Å²) in [6.07, 6.45) is 3.94. The smallest absolute Gasteiger partial charge is 0.230 e. The fourth-order valence-corrected chi connectivity index (χ4v) is 3.44. The maximum Gasteiger partial charge on any atom is 0.230 e. The van der Waals surface area contributed by atoms with Gasteiger partial charge in [-0.25, -0.2) is 4.98 Å². The van der Waals surface area contributed by atoms with E-state index in [9.17, 15) is 9.59 Å². The average Bonchev–Trinajstić information content (AvgIpc) is 3.23. The highest BCUT2D eigenvalue weighted by Crippen LogP contribution is 2.16. The van der Waals surface area contributed by atoms with Gasteiger partial charge in [0.15, 0.2) is 10.7 Å². The molecule has 0 saturated heterocycles. The van der Waals surface area contributed by atoms with Crippen molar-refractivity contribution in [3.8, 4) is 0 Å². The number of nitrogens with zero attached hydrogens (tertiary/aromatic N) is 2. The van der Waals surface area contributed by atoms with Gasteiger partial charge in [-0.1, -0.05) is 42.5 Å². The van der Waals surface area contributed by atoms with Crippen molar-refractivity contribution in [3.05, 3.63) is 89.2 Å². The monoisotopic (exact) mass is 361 g/mol. The SMILES string of the molecule is O=C(Cc1cn2ccsc2n1)Nc1cccc(C(=O)c2ccccc2)c1. The Morgan fingerprint density at radius 3 is 2.65 bits per heavy atom. The first-order valence-electron chi connectivity index (χ1n) is 8.10. The number of carbonyl (C=O) groups is 2. The molecule has 5 nitrogen and oxygen atoms in total. The van der Waals surface area contributed by atoms with Gasteiger partial charge in [0.1, 0.15) is 0 Å². The second-order valence-electron chi connectivity index (χ2n) is 5.83. The van der Waals surface area contributed by atoms with E-state index in [4.69, 9.17) is 0 Å². The van der Waals surface area contributed by atoms with Crippen LogP contribution < -0.4 is 5.32 Å². The molecule has 0 radical (unpaired) electrons. The Morgan fingerprint density at radius 2 is 1.85 bits per heavy atom. The lowest BCUT2D eigenvalue weighted by atomic mass is 10.0. The van der Waals surface area contributed by atoms with Crippen LogP contribution >= 0.6 is 11.3 Å². The minimum atomic E-state index is -0.167. The zero-order valence-corrected chi connectivity index (χ0v) is 14.6. The molecule has 4 rings (SSSR count). The first-order valence-corrected chi connectivity index (χ1v) is 8.98. The number of nitrogens with one attached hydrogen (secondary N) is 1. The molecule has 2 aromatic heterocycles. The molecule has 1 amide bonds.